The van der Waals surface area contributed by atoms with Crippen LogP contribution in [0.5, 0.6) is 0 Å². The van der Waals surface area contributed by atoms with Crippen LogP contribution in [0, 0.1) is 13.8 Å². The molecule has 0 aliphatic carbocycles. The highest BCUT2D eigenvalue weighted by atomic mass is 16.2. The zero-order valence-electron chi connectivity index (χ0n) is 16.2. The molecule has 4 heterocycles. The van der Waals surface area contributed by atoms with Crippen molar-refractivity contribution in [2.45, 2.75) is 20.4 Å². The highest BCUT2D eigenvalue weighted by molar-refractivity contribution is 5.77. The van der Waals surface area contributed by atoms with Crippen LogP contribution in [-0.4, -0.2) is 30.8 Å². The maximum atomic E-state index is 12.4. The molecular weight excluding hydrogens is 364 g/mol. The van der Waals surface area contributed by atoms with Gasteiger partial charge in [-0.25, -0.2) is 4.79 Å². The van der Waals surface area contributed by atoms with Crippen molar-refractivity contribution in [3.63, 3.8) is 0 Å². The lowest BCUT2D eigenvalue weighted by molar-refractivity contribution is 0.239. The molecule has 7 nitrogen and oxygen atoms in total. The molecule has 0 spiro atoms. The van der Waals surface area contributed by atoms with Crippen LogP contribution in [0.15, 0.2) is 67.5 Å². The summed E-state index contributed by atoms with van der Waals surface area (Å²) in [6, 6.07) is 9.44. The number of hydrogen-bond donors (Lipinski definition) is 1. The first kappa shape index (κ1) is 18.5. The molecule has 0 unspecified atom stereocenters. The number of nitrogens with zero attached hydrogens (tertiary/aromatic N) is 5. The SMILES string of the molecule is Cc1cc(-c2ncc(CNC(=O)n3cc(-c4ccncc4)cn3)cc2C)ccn1. The van der Waals surface area contributed by atoms with Crippen molar-refractivity contribution in [2.75, 3.05) is 0 Å². The van der Waals surface area contributed by atoms with Crippen LogP contribution in [-0.2, 0) is 6.54 Å². The maximum absolute atomic E-state index is 12.4. The van der Waals surface area contributed by atoms with E-state index in [0.29, 0.717) is 6.54 Å². The molecule has 0 aliphatic rings. The molecule has 0 bridgehead atoms. The molecular formula is C22H20N6O. The smallest absolute Gasteiger partial charge is 0.332 e. The van der Waals surface area contributed by atoms with Crippen molar-refractivity contribution < 1.29 is 4.79 Å². The van der Waals surface area contributed by atoms with E-state index in [4.69, 9.17) is 0 Å². The number of nitrogens with one attached hydrogen (secondary N) is 1. The third-order valence-corrected chi connectivity index (χ3v) is 4.55. The largest absolute Gasteiger partial charge is 0.342 e. The average molecular weight is 384 g/mol. The fourth-order valence-electron chi connectivity index (χ4n) is 3.11. The highest BCUT2D eigenvalue weighted by Crippen LogP contribution is 2.22. The molecule has 144 valence electrons. The van der Waals surface area contributed by atoms with Gasteiger partial charge in [-0.3, -0.25) is 15.0 Å². The number of amides is 1. The van der Waals surface area contributed by atoms with E-state index in [-0.39, 0.29) is 6.03 Å². The highest BCUT2D eigenvalue weighted by Gasteiger charge is 2.10. The summed E-state index contributed by atoms with van der Waals surface area (Å²) < 4.78 is 1.30. The van der Waals surface area contributed by atoms with Crippen LogP contribution in [0.2, 0.25) is 0 Å². The van der Waals surface area contributed by atoms with Crippen molar-refractivity contribution in [2.24, 2.45) is 0 Å². The van der Waals surface area contributed by atoms with Gasteiger partial charge >= 0.3 is 6.03 Å². The molecule has 7 heteroatoms. The minimum atomic E-state index is -0.295. The number of hydrogen-bond acceptors (Lipinski definition) is 5. The van der Waals surface area contributed by atoms with Gasteiger partial charge in [0.2, 0.25) is 0 Å². The Morgan fingerprint density at radius 2 is 1.76 bits per heavy atom. The monoisotopic (exact) mass is 384 g/mol. The van der Waals surface area contributed by atoms with Crippen LogP contribution in [0.1, 0.15) is 16.8 Å². The standard InChI is InChI=1S/C22H20N6O/c1-15-9-17(11-25-21(15)19-5-8-24-16(2)10-19)12-26-22(29)28-14-20(13-27-28)18-3-6-23-7-4-18/h3-11,13-14H,12H2,1-2H3,(H,26,29). The lowest BCUT2D eigenvalue weighted by Crippen LogP contribution is -2.28. The van der Waals surface area contributed by atoms with Crippen molar-refractivity contribution >= 4 is 6.03 Å². The molecule has 0 saturated carbocycles. The van der Waals surface area contributed by atoms with Gasteiger partial charge in [0, 0.05) is 54.3 Å². The Kier molecular flexibility index (Phi) is 5.11. The van der Waals surface area contributed by atoms with E-state index in [2.05, 4.69) is 25.4 Å². The molecule has 0 fully saturated rings. The van der Waals surface area contributed by atoms with Crippen molar-refractivity contribution in [1.82, 2.24) is 30.0 Å². The van der Waals surface area contributed by atoms with Crippen molar-refractivity contribution in [3.05, 3.63) is 84.3 Å². The molecule has 4 aromatic rings. The van der Waals surface area contributed by atoms with Gasteiger partial charge in [-0.2, -0.15) is 9.78 Å². The number of carbonyl (C=O) groups excluding carboxylic acids is 1. The van der Waals surface area contributed by atoms with Crippen LogP contribution >= 0.6 is 0 Å². The van der Waals surface area contributed by atoms with E-state index >= 15 is 0 Å². The predicted octanol–water partition coefficient (Wildman–Crippen LogP) is 3.78. The number of pyridine rings is 3. The summed E-state index contributed by atoms with van der Waals surface area (Å²) in [5.41, 5.74) is 6.68. The van der Waals surface area contributed by atoms with Crippen molar-refractivity contribution in [3.8, 4) is 22.4 Å². The van der Waals surface area contributed by atoms with Crippen LogP contribution in [0.3, 0.4) is 0 Å². The summed E-state index contributed by atoms with van der Waals surface area (Å²) in [6.07, 6.45) is 10.3. The lowest BCUT2D eigenvalue weighted by Gasteiger charge is -2.09. The van der Waals surface area contributed by atoms with Gasteiger partial charge in [-0.1, -0.05) is 6.07 Å². The van der Waals surface area contributed by atoms with Crippen LogP contribution in [0.25, 0.3) is 22.4 Å². The normalized spacial score (nSPS) is 10.7. The van der Waals surface area contributed by atoms with E-state index in [1.54, 1.807) is 37.2 Å². The summed E-state index contributed by atoms with van der Waals surface area (Å²) in [5.74, 6) is 0. The molecule has 4 rings (SSSR count). The molecule has 0 radical (unpaired) electrons. The van der Waals surface area contributed by atoms with Gasteiger partial charge in [0.15, 0.2) is 0 Å². The topological polar surface area (TPSA) is 85.6 Å². The number of carbonyl (C=O) groups is 1. The third kappa shape index (κ3) is 4.19. The van der Waals surface area contributed by atoms with E-state index in [1.165, 1.54) is 4.68 Å². The molecule has 29 heavy (non-hydrogen) atoms. The molecule has 1 N–H and O–H groups in total. The number of aromatic nitrogens is 5. The maximum Gasteiger partial charge on any atom is 0.342 e. The van der Waals surface area contributed by atoms with Gasteiger partial charge in [0.25, 0.3) is 0 Å². The summed E-state index contributed by atoms with van der Waals surface area (Å²) in [4.78, 5) is 25.2. The van der Waals surface area contributed by atoms with E-state index in [1.807, 2.05) is 44.2 Å². The first-order valence-corrected chi connectivity index (χ1v) is 9.22. The van der Waals surface area contributed by atoms with Crippen LogP contribution in [0.4, 0.5) is 4.79 Å². The lowest BCUT2D eigenvalue weighted by atomic mass is 10.1. The average Bonchev–Trinajstić information content (AvgIpc) is 3.23. The Hall–Kier alpha value is -3.87. The van der Waals surface area contributed by atoms with Crippen molar-refractivity contribution in [1.29, 1.82) is 0 Å². The Labute approximate surface area is 168 Å². The Bertz CT molecular complexity index is 1150. The second kappa shape index (κ2) is 8.02. The summed E-state index contributed by atoms with van der Waals surface area (Å²) in [6.45, 7) is 4.34. The minimum absolute atomic E-state index is 0.295. The second-order valence-electron chi connectivity index (χ2n) is 6.76. The molecule has 0 aliphatic heterocycles. The predicted molar refractivity (Wildman–Crippen MR) is 110 cm³/mol. The Morgan fingerprint density at radius 1 is 0.966 bits per heavy atom. The summed E-state index contributed by atoms with van der Waals surface area (Å²) in [7, 11) is 0. The molecule has 0 atom stereocenters. The molecule has 4 aromatic heterocycles. The van der Waals surface area contributed by atoms with Gasteiger partial charge in [-0.05, 0) is 54.8 Å². The number of aryl methyl sites for hydroxylation is 2. The quantitative estimate of drug-likeness (QED) is 0.579. The molecule has 1 amide bonds. The zero-order chi connectivity index (χ0) is 20.2. The molecule has 0 aromatic carbocycles. The van der Waals surface area contributed by atoms with E-state index in [9.17, 15) is 4.79 Å². The van der Waals surface area contributed by atoms with Crippen LogP contribution < -0.4 is 5.32 Å². The number of rotatable bonds is 4. The summed E-state index contributed by atoms with van der Waals surface area (Å²) in [5, 5.41) is 7.02. The first-order chi connectivity index (χ1) is 14.1. The van der Waals surface area contributed by atoms with E-state index < -0.39 is 0 Å². The summed E-state index contributed by atoms with van der Waals surface area (Å²) >= 11 is 0. The van der Waals surface area contributed by atoms with Gasteiger partial charge in [0.1, 0.15) is 0 Å². The third-order valence-electron chi connectivity index (χ3n) is 4.55. The van der Waals surface area contributed by atoms with Gasteiger partial charge in [-0.15, -0.1) is 0 Å². The van der Waals surface area contributed by atoms with Gasteiger partial charge < -0.3 is 5.32 Å². The fraction of sp³-hybridized carbons (Fsp3) is 0.136. The Morgan fingerprint density at radius 3 is 2.52 bits per heavy atom. The first-order valence-electron chi connectivity index (χ1n) is 9.22. The minimum Gasteiger partial charge on any atom is -0.332 e. The van der Waals surface area contributed by atoms with Gasteiger partial charge in [0.05, 0.1) is 11.9 Å². The molecule has 0 saturated heterocycles. The zero-order valence-corrected chi connectivity index (χ0v) is 16.2. The second-order valence-corrected chi connectivity index (χ2v) is 6.76. The Balaban J connectivity index is 1.43. The fourth-order valence-corrected chi connectivity index (χ4v) is 3.11. The van der Waals surface area contributed by atoms with E-state index in [0.717, 1.165) is 39.2 Å².